The van der Waals surface area contributed by atoms with E-state index in [9.17, 15) is 9.18 Å². The number of ether oxygens (including phenoxy) is 1. The highest BCUT2D eigenvalue weighted by Crippen LogP contribution is 2.29. The summed E-state index contributed by atoms with van der Waals surface area (Å²) in [6, 6.07) is 4.37. The maximum absolute atomic E-state index is 13.9. The van der Waals surface area contributed by atoms with Gasteiger partial charge in [0, 0.05) is 19.2 Å². The number of carbonyl (C=O) groups excluding carboxylic acids is 1. The number of nitrogens with zero attached hydrogens (tertiary/aromatic N) is 1. The van der Waals surface area contributed by atoms with Crippen LogP contribution in [-0.2, 0) is 0 Å². The minimum absolute atomic E-state index is 0.108. The third-order valence-electron chi connectivity index (χ3n) is 3.59. The highest BCUT2D eigenvalue weighted by Gasteiger charge is 2.30. The molecule has 0 aliphatic carbocycles. The van der Waals surface area contributed by atoms with Crippen molar-refractivity contribution in [3.8, 4) is 5.75 Å². The van der Waals surface area contributed by atoms with E-state index in [0.29, 0.717) is 18.8 Å². The second kappa shape index (κ2) is 5.19. The van der Waals surface area contributed by atoms with Crippen LogP contribution >= 0.6 is 0 Å². The van der Waals surface area contributed by atoms with Crippen molar-refractivity contribution in [3.05, 3.63) is 29.6 Å². The van der Waals surface area contributed by atoms with Gasteiger partial charge in [-0.15, -0.1) is 0 Å². The molecule has 2 rings (SSSR count). The van der Waals surface area contributed by atoms with Gasteiger partial charge in [0.25, 0.3) is 5.91 Å². The Labute approximate surface area is 113 Å². The maximum atomic E-state index is 13.9. The van der Waals surface area contributed by atoms with E-state index in [1.165, 1.54) is 19.2 Å². The molecule has 19 heavy (non-hydrogen) atoms. The Morgan fingerprint density at radius 3 is 2.74 bits per heavy atom. The van der Waals surface area contributed by atoms with Gasteiger partial charge in [0.1, 0.15) is 11.6 Å². The first-order chi connectivity index (χ1) is 8.93. The van der Waals surface area contributed by atoms with Crippen LogP contribution in [0, 0.1) is 11.2 Å². The molecule has 1 aromatic carbocycles. The van der Waals surface area contributed by atoms with E-state index in [1.807, 2.05) is 0 Å². The van der Waals surface area contributed by atoms with Gasteiger partial charge in [-0.25, -0.2) is 4.39 Å². The van der Waals surface area contributed by atoms with E-state index < -0.39 is 5.82 Å². The third kappa shape index (κ3) is 3.06. The Hall–Kier alpha value is -1.58. The quantitative estimate of drug-likeness (QED) is 0.822. The molecule has 0 aromatic heterocycles. The lowest BCUT2D eigenvalue weighted by molar-refractivity contribution is 0.0579. The molecule has 1 aromatic rings. The van der Waals surface area contributed by atoms with E-state index in [-0.39, 0.29) is 16.9 Å². The summed E-state index contributed by atoms with van der Waals surface area (Å²) < 4.78 is 18.9. The number of hydrogen-bond acceptors (Lipinski definition) is 2. The van der Waals surface area contributed by atoms with Crippen LogP contribution in [0.25, 0.3) is 0 Å². The first kappa shape index (κ1) is 13.8. The summed E-state index contributed by atoms with van der Waals surface area (Å²) in [6.07, 6.45) is 2.07. The smallest absolute Gasteiger partial charge is 0.256 e. The SMILES string of the molecule is COc1ccc(C(=O)N2CCCC(C)(C)C2)c(F)c1. The van der Waals surface area contributed by atoms with Crippen molar-refractivity contribution in [2.45, 2.75) is 26.7 Å². The van der Waals surface area contributed by atoms with Gasteiger partial charge in [0.2, 0.25) is 0 Å². The molecule has 0 bridgehead atoms. The number of hydrogen-bond donors (Lipinski definition) is 0. The van der Waals surface area contributed by atoms with Crippen LogP contribution in [0.5, 0.6) is 5.75 Å². The van der Waals surface area contributed by atoms with E-state index in [4.69, 9.17) is 4.74 Å². The molecule has 0 spiro atoms. The normalized spacial score (nSPS) is 18.2. The van der Waals surface area contributed by atoms with Gasteiger partial charge < -0.3 is 9.64 Å². The predicted octanol–water partition coefficient (Wildman–Crippen LogP) is 3.10. The molecule has 0 N–H and O–H groups in total. The molecule has 0 unspecified atom stereocenters. The summed E-state index contributed by atoms with van der Waals surface area (Å²) in [7, 11) is 1.48. The van der Waals surface area contributed by atoms with Gasteiger partial charge in [-0.3, -0.25) is 4.79 Å². The number of carbonyl (C=O) groups is 1. The van der Waals surface area contributed by atoms with Crippen molar-refractivity contribution in [3.63, 3.8) is 0 Å². The molecule has 1 aliphatic heterocycles. The summed E-state index contributed by atoms with van der Waals surface area (Å²) in [6.45, 7) is 5.65. The van der Waals surface area contributed by atoms with Crippen molar-refractivity contribution in [1.29, 1.82) is 0 Å². The number of amides is 1. The van der Waals surface area contributed by atoms with Crippen molar-refractivity contribution >= 4 is 5.91 Å². The highest BCUT2D eigenvalue weighted by atomic mass is 19.1. The molecule has 1 heterocycles. The zero-order chi connectivity index (χ0) is 14.0. The van der Waals surface area contributed by atoms with Crippen LogP contribution in [0.2, 0.25) is 0 Å². The van der Waals surface area contributed by atoms with Crippen LogP contribution in [-0.4, -0.2) is 31.0 Å². The van der Waals surface area contributed by atoms with E-state index in [1.54, 1.807) is 11.0 Å². The lowest BCUT2D eigenvalue weighted by atomic mass is 9.84. The van der Waals surface area contributed by atoms with Gasteiger partial charge in [-0.2, -0.15) is 0 Å². The monoisotopic (exact) mass is 265 g/mol. The second-order valence-electron chi connectivity index (χ2n) is 5.84. The topological polar surface area (TPSA) is 29.5 Å². The molecule has 1 amide bonds. The molecular weight excluding hydrogens is 245 g/mol. The Kier molecular flexibility index (Phi) is 3.78. The van der Waals surface area contributed by atoms with Crippen LogP contribution in [0.4, 0.5) is 4.39 Å². The number of halogens is 1. The molecule has 0 radical (unpaired) electrons. The summed E-state index contributed by atoms with van der Waals surface area (Å²) in [5.41, 5.74) is 0.232. The molecular formula is C15H20FNO2. The number of likely N-dealkylation sites (tertiary alicyclic amines) is 1. The molecule has 104 valence electrons. The third-order valence-corrected chi connectivity index (χ3v) is 3.59. The van der Waals surface area contributed by atoms with Crippen LogP contribution in [0.3, 0.4) is 0 Å². The fraction of sp³-hybridized carbons (Fsp3) is 0.533. The molecule has 4 heteroatoms. The van der Waals surface area contributed by atoms with Crippen molar-refractivity contribution in [2.75, 3.05) is 20.2 Å². The molecule has 1 saturated heterocycles. The summed E-state index contributed by atoms with van der Waals surface area (Å²) in [5, 5.41) is 0. The Morgan fingerprint density at radius 1 is 1.42 bits per heavy atom. The van der Waals surface area contributed by atoms with Gasteiger partial charge in [-0.05, 0) is 30.4 Å². The van der Waals surface area contributed by atoms with Gasteiger partial charge >= 0.3 is 0 Å². The van der Waals surface area contributed by atoms with E-state index >= 15 is 0 Å². The number of piperidine rings is 1. The predicted molar refractivity (Wildman–Crippen MR) is 71.9 cm³/mol. The van der Waals surface area contributed by atoms with Crippen molar-refractivity contribution in [2.24, 2.45) is 5.41 Å². The number of rotatable bonds is 2. The van der Waals surface area contributed by atoms with Gasteiger partial charge in [0.05, 0.1) is 12.7 Å². The van der Waals surface area contributed by atoms with Crippen molar-refractivity contribution in [1.82, 2.24) is 4.90 Å². The minimum atomic E-state index is -0.521. The van der Waals surface area contributed by atoms with E-state index in [2.05, 4.69) is 13.8 Å². The zero-order valence-electron chi connectivity index (χ0n) is 11.7. The van der Waals surface area contributed by atoms with Crippen LogP contribution in [0.15, 0.2) is 18.2 Å². The number of methoxy groups -OCH3 is 1. The summed E-state index contributed by atoms with van der Waals surface area (Å²) >= 11 is 0. The standard InChI is InChI=1S/C15H20FNO2/c1-15(2)7-4-8-17(10-15)14(18)12-6-5-11(19-3)9-13(12)16/h5-6,9H,4,7-8,10H2,1-3H3. The lowest BCUT2D eigenvalue weighted by Gasteiger charge is -2.38. The fourth-order valence-corrected chi connectivity index (χ4v) is 2.56. The molecule has 3 nitrogen and oxygen atoms in total. The Balaban J connectivity index is 2.20. The largest absolute Gasteiger partial charge is 0.497 e. The Bertz CT molecular complexity index is 485. The van der Waals surface area contributed by atoms with Crippen molar-refractivity contribution < 1.29 is 13.9 Å². The molecule has 0 atom stereocenters. The molecule has 1 aliphatic rings. The van der Waals surface area contributed by atoms with E-state index in [0.717, 1.165) is 12.8 Å². The average Bonchev–Trinajstić information content (AvgIpc) is 2.36. The summed E-state index contributed by atoms with van der Waals surface area (Å²) in [4.78, 5) is 14.1. The van der Waals surface area contributed by atoms with Gasteiger partial charge in [-0.1, -0.05) is 13.8 Å². The average molecular weight is 265 g/mol. The zero-order valence-corrected chi connectivity index (χ0v) is 11.7. The highest BCUT2D eigenvalue weighted by molar-refractivity contribution is 5.94. The van der Waals surface area contributed by atoms with Crippen LogP contribution in [0.1, 0.15) is 37.0 Å². The second-order valence-corrected chi connectivity index (χ2v) is 5.84. The summed E-state index contributed by atoms with van der Waals surface area (Å²) in [5.74, 6) is -0.325. The Morgan fingerprint density at radius 2 is 2.16 bits per heavy atom. The number of benzene rings is 1. The first-order valence-electron chi connectivity index (χ1n) is 6.56. The first-order valence-corrected chi connectivity index (χ1v) is 6.56. The molecule has 1 fully saturated rings. The lowest BCUT2D eigenvalue weighted by Crippen LogP contribution is -2.43. The van der Waals surface area contributed by atoms with Crippen LogP contribution < -0.4 is 4.74 Å². The minimum Gasteiger partial charge on any atom is -0.497 e. The molecule has 0 saturated carbocycles. The fourth-order valence-electron chi connectivity index (χ4n) is 2.56. The maximum Gasteiger partial charge on any atom is 0.256 e. The van der Waals surface area contributed by atoms with Gasteiger partial charge in [0.15, 0.2) is 0 Å².